The lowest BCUT2D eigenvalue weighted by atomic mass is 10.3. The summed E-state index contributed by atoms with van der Waals surface area (Å²) in [6.45, 7) is 0.176. The fourth-order valence-corrected chi connectivity index (χ4v) is 1.75. The van der Waals surface area contributed by atoms with Crippen LogP contribution in [0.2, 0.25) is 0 Å². The summed E-state index contributed by atoms with van der Waals surface area (Å²) < 4.78 is 31.6. The van der Waals surface area contributed by atoms with Gasteiger partial charge in [0.2, 0.25) is 0 Å². The molecule has 2 nitrogen and oxygen atoms in total. The highest BCUT2D eigenvalue weighted by atomic mass is 79.9. The van der Waals surface area contributed by atoms with E-state index in [0.29, 0.717) is 15.8 Å². The number of benzene rings is 1. The van der Waals surface area contributed by atoms with Gasteiger partial charge in [0.25, 0.3) is 0 Å². The van der Waals surface area contributed by atoms with Crippen LogP contribution in [0.1, 0.15) is 5.56 Å². The maximum atomic E-state index is 12.8. The number of halogens is 3. The number of ether oxygens (including phenoxy) is 1. The third kappa shape index (κ3) is 3.23. The molecule has 0 aliphatic rings. The smallest absolute Gasteiger partial charge is 0.141 e. The maximum Gasteiger partial charge on any atom is 0.141 e. The van der Waals surface area contributed by atoms with Crippen LogP contribution >= 0.6 is 15.9 Å². The molecule has 0 aliphatic carbocycles. The van der Waals surface area contributed by atoms with Gasteiger partial charge in [-0.2, -0.15) is 0 Å². The summed E-state index contributed by atoms with van der Waals surface area (Å²) in [5.74, 6) is -0.267. The first-order valence-electron chi connectivity index (χ1n) is 4.82. The Morgan fingerprint density at radius 3 is 2.65 bits per heavy atom. The molecule has 0 fully saturated rings. The summed E-state index contributed by atoms with van der Waals surface area (Å²) in [6.07, 6.45) is 2.64. The van der Waals surface area contributed by atoms with E-state index in [-0.39, 0.29) is 12.4 Å². The normalized spacial score (nSPS) is 10.3. The molecule has 1 aromatic carbocycles. The lowest BCUT2D eigenvalue weighted by molar-refractivity contribution is 0.302. The van der Waals surface area contributed by atoms with Crippen LogP contribution in [0.15, 0.2) is 41.1 Å². The van der Waals surface area contributed by atoms with E-state index >= 15 is 0 Å². The molecule has 0 spiro atoms. The Hall–Kier alpha value is -1.49. The Labute approximate surface area is 105 Å². The summed E-state index contributed by atoms with van der Waals surface area (Å²) >= 11 is 3.18. The van der Waals surface area contributed by atoms with Gasteiger partial charge < -0.3 is 4.74 Å². The van der Waals surface area contributed by atoms with Crippen LogP contribution in [0.3, 0.4) is 0 Å². The van der Waals surface area contributed by atoms with Crippen molar-refractivity contribution >= 4 is 15.9 Å². The van der Waals surface area contributed by atoms with E-state index in [4.69, 9.17) is 4.74 Å². The van der Waals surface area contributed by atoms with E-state index in [1.165, 1.54) is 30.5 Å². The predicted octanol–water partition coefficient (Wildman–Crippen LogP) is 3.70. The van der Waals surface area contributed by atoms with Crippen molar-refractivity contribution in [3.63, 3.8) is 0 Å². The van der Waals surface area contributed by atoms with Crippen LogP contribution < -0.4 is 4.74 Å². The molecular formula is C12H8BrF2NO. The lowest BCUT2D eigenvalue weighted by Gasteiger charge is -2.07. The van der Waals surface area contributed by atoms with Gasteiger partial charge in [-0.05, 0) is 40.2 Å². The van der Waals surface area contributed by atoms with Crippen molar-refractivity contribution in [3.8, 4) is 5.75 Å². The molecular weight excluding hydrogens is 292 g/mol. The highest BCUT2D eigenvalue weighted by Gasteiger charge is 2.03. The summed E-state index contributed by atoms with van der Waals surface area (Å²) in [7, 11) is 0. The Balaban J connectivity index is 2.07. The van der Waals surface area contributed by atoms with Crippen molar-refractivity contribution in [2.24, 2.45) is 0 Å². The summed E-state index contributed by atoms with van der Waals surface area (Å²) in [4.78, 5) is 3.71. The van der Waals surface area contributed by atoms with Crippen LogP contribution in [-0.4, -0.2) is 4.98 Å². The second-order valence-electron chi connectivity index (χ2n) is 3.37. The number of hydrogen-bond acceptors (Lipinski definition) is 2. The summed E-state index contributed by atoms with van der Waals surface area (Å²) in [6, 6.07) is 5.44. The fourth-order valence-electron chi connectivity index (χ4n) is 1.29. The van der Waals surface area contributed by atoms with Crippen molar-refractivity contribution in [2.75, 3.05) is 0 Å². The van der Waals surface area contributed by atoms with Gasteiger partial charge >= 0.3 is 0 Å². The van der Waals surface area contributed by atoms with Crippen LogP contribution in [-0.2, 0) is 6.61 Å². The van der Waals surface area contributed by atoms with Crippen molar-refractivity contribution in [3.05, 3.63) is 58.3 Å². The minimum Gasteiger partial charge on any atom is -0.488 e. The molecule has 2 rings (SSSR count). The first-order chi connectivity index (χ1) is 8.15. The van der Waals surface area contributed by atoms with E-state index < -0.39 is 5.82 Å². The molecule has 1 aromatic heterocycles. The first kappa shape index (κ1) is 12.0. The molecule has 0 saturated heterocycles. The molecule has 0 aliphatic heterocycles. The van der Waals surface area contributed by atoms with Crippen molar-refractivity contribution in [1.29, 1.82) is 0 Å². The minimum atomic E-state index is -0.413. The van der Waals surface area contributed by atoms with Gasteiger partial charge in [-0.1, -0.05) is 0 Å². The van der Waals surface area contributed by atoms with E-state index in [0.717, 1.165) is 6.20 Å². The molecule has 2 aromatic rings. The minimum absolute atomic E-state index is 0.176. The number of nitrogens with zero attached hydrogens (tertiary/aromatic N) is 1. The number of pyridine rings is 1. The molecule has 0 atom stereocenters. The number of aromatic nitrogens is 1. The van der Waals surface area contributed by atoms with Crippen molar-refractivity contribution < 1.29 is 13.5 Å². The average molecular weight is 300 g/mol. The SMILES string of the molecule is Fc1cncc(COc2ccc(F)cc2Br)c1. The summed E-state index contributed by atoms with van der Waals surface area (Å²) in [5.41, 5.74) is 0.612. The van der Waals surface area contributed by atoms with Gasteiger partial charge in [0.15, 0.2) is 0 Å². The van der Waals surface area contributed by atoms with Gasteiger partial charge in [-0.25, -0.2) is 8.78 Å². The zero-order chi connectivity index (χ0) is 12.3. The van der Waals surface area contributed by atoms with Crippen LogP contribution in [0, 0.1) is 11.6 Å². The maximum absolute atomic E-state index is 12.8. The van der Waals surface area contributed by atoms with Crippen LogP contribution in [0.5, 0.6) is 5.75 Å². The zero-order valence-electron chi connectivity index (χ0n) is 8.66. The van der Waals surface area contributed by atoms with E-state index in [2.05, 4.69) is 20.9 Å². The van der Waals surface area contributed by atoms with Gasteiger partial charge in [0.05, 0.1) is 10.7 Å². The van der Waals surface area contributed by atoms with E-state index in [1.807, 2.05) is 0 Å². The van der Waals surface area contributed by atoms with E-state index in [9.17, 15) is 8.78 Å². The average Bonchev–Trinajstić information content (AvgIpc) is 2.28. The molecule has 0 amide bonds. The Morgan fingerprint density at radius 2 is 1.94 bits per heavy atom. The first-order valence-corrected chi connectivity index (χ1v) is 5.62. The van der Waals surface area contributed by atoms with Gasteiger partial charge in [-0.15, -0.1) is 0 Å². The molecule has 0 N–H and O–H groups in total. The van der Waals surface area contributed by atoms with Gasteiger partial charge in [-0.3, -0.25) is 4.98 Å². The second kappa shape index (κ2) is 5.23. The Bertz CT molecular complexity index is 534. The zero-order valence-corrected chi connectivity index (χ0v) is 10.2. The molecule has 1 heterocycles. The second-order valence-corrected chi connectivity index (χ2v) is 4.23. The Morgan fingerprint density at radius 1 is 1.12 bits per heavy atom. The molecule has 88 valence electrons. The summed E-state index contributed by atoms with van der Waals surface area (Å²) in [5, 5.41) is 0. The molecule has 0 unspecified atom stereocenters. The van der Waals surface area contributed by atoms with Gasteiger partial charge in [0.1, 0.15) is 24.0 Å². The van der Waals surface area contributed by atoms with Crippen LogP contribution in [0.4, 0.5) is 8.78 Å². The fraction of sp³-hybridized carbons (Fsp3) is 0.0833. The Kier molecular flexibility index (Phi) is 3.68. The van der Waals surface area contributed by atoms with Crippen molar-refractivity contribution in [2.45, 2.75) is 6.61 Å². The highest BCUT2D eigenvalue weighted by Crippen LogP contribution is 2.26. The number of rotatable bonds is 3. The quantitative estimate of drug-likeness (QED) is 0.862. The van der Waals surface area contributed by atoms with Crippen molar-refractivity contribution in [1.82, 2.24) is 4.98 Å². The third-order valence-corrected chi connectivity index (χ3v) is 2.67. The molecule has 0 saturated carbocycles. The van der Waals surface area contributed by atoms with E-state index in [1.54, 1.807) is 0 Å². The lowest BCUT2D eigenvalue weighted by Crippen LogP contribution is -1.97. The third-order valence-electron chi connectivity index (χ3n) is 2.05. The molecule has 17 heavy (non-hydrogen) atoms. The molecule has 0 bridgehead atoms. The molecule has 5 heteroatoms. The monoisotopic (exact) mass is 299 g/mol. The highest BCUT2D eigenvalue weighted by molar-refractivity contribution is 9.10. The molecule has 0 radical (unpaired) electrons. The van der Waals surface area contributed by atoms with Gasteiger partial charge in [0, 0.05) is 11.8 Å². The topological polar surface area (TPSA) is 22.1 Å². The largest absolute Gasteiger partial charge is 0.488 e. The predicted molar refractivity (Wildman–Crippen MR) is 62.6 cm³/mol. The number of hydrogen-bond donors (Lipinski definition) is 0. The standard InChI is InChI=1S/C12H8BrF2NO/c13-11-4-9(14)1-2-12(11)17-7-8-3-10(15)6-16-5-8/h1-6H,7H2. The van der Waals surface area contributed by atoms with Crippen LogP contribution in [0.25, 0.3) is 0 Å².